The third kappa shape index (κ3) is 3.37. The Bertz CT molecular complexity index is 650. The molecule has 5 nitrogen and oxygen atoms in total. The largest absolute Gasteiger partial charge is 0.490 e. The van der Waals surface area contributed by atoms with Crippen LogP contribution in [-0.4, -0.2) is 38.9 Å². The molecular weight excluding hydrogens is 292 g/mol. The third-order valence-electron chi connectivity index (χ3n) is 3.87. The van der Waals surface area contributed by atoms with Gasteiger partial charge >= 0.3 is 0 Å². The van der Waals surface area contributed by atoms with Gasteiger partial charge in [-0.25, -0.2) is 8.42 Å². The predicted octanol–water partition coefficient (Wildman–Crippen LogP) is 1.86. The average Bonchev–Trinajstić information content (AvgIpc) is 2.65. The number of benzene rings is 1. The fourth-order valence-corrected chi connectivity index (χ4v) is 4.61. The summed E-state index contributed by atoms with van der Waals surface area (Å²) in [5, 5.41) is 0. The molecule has 114 valence electrons. The first-order chi connectivity index (χ1) is 10.0. The fraction of sp³-hybridized carbons (Fsp3) is 0.533. The molecule has 0 aromatic heterocycles. The Hall–Kier alpha value is -1.56. The van der Waals surface area contributed by atoms with E-state index in [9.17, 15) is 13.2 Å². The number of hydrogen-bond donors (Lipinski definition) is 0. The Morgan fingerprint density at radius 3 is 2.67 bits per heavy atom. The quantitative estimate of drug-likeness (QED) is 0.797. The maximum absolute atomic E-state index is 12.3. The molecule has 0 aliphatic carbocycles. The van der Waals surface area contributed by atoms with Gasteiger partial charge in [0.25, 0.3) is 0 Å². The number of Topliss-reactive ketones (excluding diaryl/α,β-unsaturated/α-hetero) is 1. The van der Waals surface area contributed by atoms with Gasteiger partial charge < -0.3 is 9.47 Å². The van der Waals surface area contributed by atoms with E-state index in [4.69, 9.17) is 9.47 Å². The lowest BCUT2D eigenvalue weighted by molar-refractivity contribution is 0.0965. The summed E-state index contributed by atoms with van der Waals surface area (Å²) in [6.07, 6.45) is 1.68. The lowest BCUT2D eigenvalue weighted by Gasteiger charge is -2.10. The predicted molar refractivity (Wildman–Crippen MR) is 77.8 cm³/mol. The summed E-state index contributed by atoms with van der Waals surface area (Å²) in [7, 11) is -2.94. The van der Waals surface area contributed by atoms with Crippen LogP contribution in [0.15, 0.2) is 18.2 Å². The second-order valence-corrected chi connectivity index (χ2v) is 7.84. The smallest absolute Gasteiger partial charge is 0.163 e. The van der Waals surface area contributed by atoms with Crippen molar-refractivity contribution in [2.75, 3.05) is 24.7 Å². The molecule has 1 atom stereocenters. The Morgan fingerprint density at radius 2 is 1.95 bits per heavy atom. The first kappa shape index (κ1) is 14.4. The van der Waals surface area contributed by atoms with Crippen molar-refractivity contribution in [3.05, 3.63) is 23.8 Å². The van der Waals surface area contributed by atoms with Crippen molar-refractivity contribution in [1.82, 2.24) is 0 Å². The standard InChI is InChI=1S/C15H18O5S/c16-13(8-11-4-7-21(17,18)10-11)12-2-3-14-15(9-12)20-6-1-5-19-14/h2-3,9,11H,1,4-8,10H2. The first-order valence-corrected chi connectivity index (χ1v) is 8.99. The fourth-order valence-electron chi connectivity index (χ4n) is 2.75. The maximum atomic E-state index is 12.3. The van der Waals surface area contributed by atoms with E-state index in [1.165, 1.54) is 0 Å². The SMILES string of the molecule is O=C(CC1CCS(=O)(=O)C1)c1ccc2c(c1)OCCCO2. The van der Waals surface area contributed by atoms with Crippen molar-refractivity contribution in [1.29, 1.82) is 0 Å². The van der Waals surface area contributed by atoms with E-state index in [-0.39, 0.29) is 29.6 Å². The van der Waals surface area contributed by atoms with Crippen LogP contribution < -0.4 is 9.47 Å². The highest BCUT2D eigenvalue weighted by Crippen LogP contribution is 2.31. The summed E-state index contributed by atoms with van der Waals surface area (Å²) < 4.78 is 34.0. The van der Waals surface area contributed by atoms with Gasteiger partial charge in [-0.05, 0) is 30.5 Å². The average molecular weight is 310 g/mol. The van der Waals surface area contributed by atoms with Gasteiger partial charge in [0.2, 0.25) is 0 Å². The van der Waals surface area contributed by atoms with Crippen LogP contribution >= 0.6 is 0 Å². The van der Waals surface area contributed by atoms with Crippen LogP contribution in [0, 0.1) is 5.92 Å². The van der Waals surface area contributed by atoms with E-state index in [0.717, 1.165) is 6.42 Å². The molecule has 3 rings (SSSR count). The monoisotopic (exact) mass is 310 g/mol. The molecule has 0 N–H and O–H groups in total. The zero-order chi connectivity index (χ0) is 14.9. The Morgan fingerprint density at radius 1 is 1.19 bits per heavy atom. The molecule has 1 unspecified atom stereocenters. The van der Waals surface area contributed by atoms with Crippen LogP contribution in [0.25, 0.3) is 0 Å². The minimum atomic E-state index is -2.94. The van der Waals surface area contributed by atoms with Crippen LogP contribution in [0.3, 0.4) is 0 Å². The zero-order valence-electron chi connectivity index (χ0n) is 11.7. The lowest BCUT2D eigenvalue weighted by Crippen LogP contribution is -2.11. The minimum Gasteiger partial charge on any atom is -0.490 e. The highest BCUT2D eigenvalue weighted by atomic mass is 32.2. The molecule has 2 aliphatic heterocycles. The number of ketones is 1. The molecule has 1 saturated heterocycles. The number of sulfone groups is 1. The molecule has 1 aromatic carbocycles. The van der Waals surface area contributed by atoms with Gasteiger partial charge in [-0.15, -0.1) is 0 Å². The van der Waals surface area contributed by atoms with E-state index in [1.54, 1.807) is 18.2 Å². The van der Waals surface area contributed by atoms with Crippen LogP contribution in [-0.2, 0) is 9.84 Å². The van der Waals surface area contributed by atoms with Gasteiger partial charge in [-0.3, -0.25) is 4.79 Å². The van der Waals surface area contributed by atoms with Crippen molar-refractivity contribution >= 4 is 15.6 Å². The van der Waals surface area contributed by atoms with Gasteiger partial charge in [0.1, 0.15) is 0 Å². The second kappa shape index (κ2) is 5.67. The maximum Gasteiger partial charge on any atom is 0.163 e. The summed E-state index contributed by atoms with van der Waals surface area (Å²) in [5.74, 6) is 1.49. The van der Waals surface area contributed by atoms with Crippen LogP contribution in [0.4, 0.5) is 0 Å². The van der Waals surface area contributed by atoms with E-state index >= 15 is 0 Å². The second-order valence-electron chi connectivity index (χ2n) is 5.61. The number of carbonyl (C=O) groups is 1. The molecule has 1 aromatic rings. The topological polar surface area (TPSA) is 69.7 Å². The van der Waals surface area contributed by atoms with E-state index in [2.05, 4.69) is 0 Å². The highest BCUT2D eigenvalue weighted by Gasteiger charge is 2.29. The number of hydrogen-bond acceptors (Lipinski definition) is 5. The van der Waals surface area contributed by atoms with Crippen molar-refractivity contribution < 1.29 is 22.7 Å². The molecule has 0 bridgehead atoms. The Labute approximate surface area is 124 Å². The summed E-state index contributed by atoms with van der Waals surface area (Å²) in [6, 6.07) is 5.17. The summed E-state index contributed by atoms with van der Waals surface area (Å²) in [5.41, 5.74) is 0.559. The molecule has 21 heavy (non-hydrogen) atoms. The van der Waals surface area contributed by atoms with Gasteiger partial charge in [0, 0.05) is 18.4 Å². The Balaban J connectivity index is 1.72. The van der Waals surface area contributed by atoms with Crippen molar-refractivity contribution in [3.63, 3.8) is 0 Å². The normalized spacial score (nSPS) is 23.5. The molecule has 0 saturated carbocycles. The third-order valence-corrected chi connectivity index (χ3v) is 5.71. The molecule has 0 radical (unpaired) electrons. The van der Waals surface area contributed by atoms with Gasteiger partial charge in [-0.2, -0.15) is 0 Å². The van der Waals surface area contributed by atoms with Crippen LogP contribution in [0.2, 0.25) is 0 Å². The van der Waals surface area contributed by atoms with Crippen molar-refractivity contribution in [2.24, 2.45) is 5.92 Å². The Kier molecular flexibility index (Phi) is 3.89. The molecule has 1 fully saturated rings. The molecular formula is C15H18O5S. The minimum absolute atomic E-state index is 0.0345. The molecule has 0 amide bonds. The van der Waals surface area contributed by atoms with Crippen LogP contribution in [0.1, 0.15) is 29.6 Å². The number of carbonyl (C=O) groups excluding carboxylic acids is 1. The molecule has 2 aliphatic rings. The van der Waals surface area contributed by atoms with Gasteiger partial charge in [0.15, 0.2) is 27.1 Å². The van der Waals surface area contributed by atoms with Gasteiger partial charge in [0.05, 0.1) is 24.7 Å². The van der Waals surface area contributed by atoms with Crippen molar-refractivity contribution in [3.8, 4) is 11.5 Å². The number of rotatable bonds is 3. The summed E-state index contributed by atoms with van der Waals surface area (Å²) in [6.45, 7) is 1.19. The van der Waals surface area contributed by atoms with E-state index < -0.39 is 9.84 Å². The number of fused-ring (bicyclic) bond motifs is 1. The molecule has 6 heteroatoms. The van der Waals surface area contributed by atoms with Crippen LogP contribution in [0.5, 0.6) is 11.5 Å². The zero-order valence-corrected chi connectivity index (χ0v) is 12.5. The van der Waals surface area contributed by atoms with Gasteiger partial charge in [-0.1, -0.05) is 0 Å². The van der Waals surface area contributed by atoms with E-state index in [1.807, 2.05) is 0 Å². The first-order valence-electron chi connectivity index (χ1n) is 7.17. The summed E-state index contributed by atoms with van der Waals surface area (Å²) in [4.78, 5) is 12.3. The lowest BCUT2D eigenvalue weighted by atomic mass is 9.97. The van der Waals surface area contributed by atoms with Crippen molar-refractivity contribution in [2.45, 2.75) is 19.3 Å². The summed E-state index contributed by atoms with van der Waals surface area (Å²) >= 11 is 0. The number of ether oxygens (including phenoxy) is 2. The molecule has 2 heterocycles. The molecule has 0 spiro atoms. The highest BCUT2D eigenvalue weighted by molar-refractivity contribution is 7.91. The van der Waals surface area contributed by atoms with E-state index in [0.29, 0.717) is 36.7 Å².